The second kappa shape index (κ2) is 2.24. The van der Waals surface area contributed by atoms with Gasteiger partial charge in [0.05, 0.1) is 5.92 Å². The number of carbonyl (C=O) groups is 1. The van der Waals surface area contributed by atoms with Crippen LogP contribution in [0, 0.1) is 0 Å². The lowest BCUT2D eigenvalue weighted by Crippen LogP contribution is -2.24. The van der Waals surface area contributed by atoms with Crippen molar-refractivity contribution in [1.82, 2.24) is 0 Å². The summed E-state index contributed by atoms with van der Waals surface area (Å²) in [6.45, 7) is 0. The number of benzene rings is 1. The summed E-state index contributed by atoms with van der Waals surface area (Å²) < 4.78 is 0. The van der Waals surface area contributed by atoms with Gasteiger partial charge in [0.25, 0.3) is 0 Å². The predicted molar refractivity (Wildman–Crippen MR) is 42.2 cm³/mol. The molecule has 12 heavy (non-hydrogen) atoms. The van der Waals surface area contributed by atoms with Crippen LogP contribution in [0.5, 0.6) is 5.75 Å². The number of fused-ring (bicyclic) bond motifs is 1. The minimum absolute atomic E-state index is 0.103. The van der Waals surface area contributed by atoms with Crippen LogP contribution in [0.4, 0.5) is 0 Å². The fourth-order valence-corrected chi connectivity index (χ4v) is 1.58. The summed E-state index contributed by atoms with van der Waals surface area (Å²) in [6.07, 6.45) is 0.541. The molecule has 1 aromatic carbocycles. The maximum atomic E-state index is 10.6. The number of aromatic hydroxyl groups is 1. The molecule has 1 aromatic rings. The summed E-state index contributed by atoms with van der Waals surface area (Å²) in [6, 6.07) is 5.09. The Bertz CT molecular complexity index is 329. The minimum atomic E-state index is -0.857. The molecule has 1 unspecified atom stereocenters. The summed E-state index contributed by atoms with van der Waals surface area (Å²) in [5, 5.41) is 18.0. The Labute approximate surface area is 69.3 Å². The lowest BCUT2D eigenvalue weighted by atomic mass is 9.77. The van der Waals surface area contributed by atoms with Crippen molar-refractivity contribution in [2.75, 3.05) is 0 Å². The maximum absolute atomic E-state index is 10.6. The van der Waals surface area contributed by atoms with Crippen LogP contribution in [-0.4, -0.2) is 16.2 Å². The molecular weight excluding hydrogens is 156 g/mol. The van der Waals surface area contributed by atoms with Gasteiger partial charge in [0.2, 0.25) is 0 Å². The number of carboxylic acids is 1. The fraction of sp³-hybridized carbons (Fsp3) is 0.222. The van der Waals surface area contributed by atoms with E-state index in [9.17, 15) is 9.90 Å². The highest BCUT2D eigenvalue weighted by molar-refractivity contribution is 5.81. The molecule has 0 fully saturated rings. The molecule has 2 N–H and O–H groups in total. The topological polar surface area (TPSA) is 57.5 Å². The van der Waals surface area contributed by atoms with Crippen molar-refractivity contribution < 1.29 is 15.0 Å². The molecule has 0 aliphatic heterocycles. The number of rotatable bonds is 1. The summed E-state index contributed by atoms with van der Waals surface area (Å²) in [5.74, 6) is -1.25. The molecule has 1 aliphatic rings. The van der Waals surface area contributed by atoms with Gasteiger partial charge in [0.15, 0.2) is 0 Å². The first-order chi connectivity index (χ1) is 5.70. The van der Waals surface area contributed by atoms with E-state index >= 15 is 0 Å². The van der Waals surface area contributed by atoms with Gasteiger partial charge in [-0.15, -0.1) is 0 Å². The van der Waals surface area contributed by atoms with Crippen LogP contribution >= 0.6 is 0 Å². The van der Waals surface area contributed by atoms with Gasteiger partial charge in [-0.2, -0.15) is 0 Å². The van der Waals surface area contributed by atoms with Crippen LogP contribution in [0.2, 0.25) is 0 Å². The van der Waals surface area contributed by atoms with Crippen molar-refractivity contribution in [2.24, 2.45) is 0 Å². The molecular formula is C9H8O3. The Morgan fingerprint density at radius 3 is 2.83 bits per heavy atom. The molecule has 0 saturated carbocycles. The van der Waals surface area contributed by atoms with Gasteiger partial charge in [-0.05, 0) is 18.1 Å². The van der Waals surface area contributed by atoms with E-state index in [1.165, 1.54) is 6.07 Å². The average Bonchev–Trinajstić information content (AvgIpc) is 1.91. The second-order valence-corrected chi connectivity index (χ2v) is 2.94. The van der Waals surface area contributed by atoms with Crippen molar-refractivity contribution in [3.8, 4) is 5.75 Å². The third-order valence-corrected chi connectivity index (χ3v) is 2.24. The predicted octanol–water partition coefficient (Wildman–Crippen LogP) is 1.12. The van der Waals surface area contributed by atoms with E-state index in [0.29, 0.717) is 12.0 Å². The van der Waals surface area contributed by atoms with Crippen LogP contribution in [0.1, 0.15) is 17.0 Å². The second-order valence-electron chi connectivity index (χ2n) is 2.94. The smallest absolute Gasteiger partial charge is 0.311 e. The number of hydrogen-bond acceptors (Lipinski definition) is 2. The Kier molecular flexibility index (Phi) is 1.33. The third-order valence-electron chi connectivity index (χ3n) is 2.24. The summed E-state index contributed by atoms with van der Waals surface area (Å²) in [5.41, 5.74) is 1.53. The van der Waals surface area contributed by atoms with Gasteiger partial charge in [-0.1, -0.05) is 12.1 Å². The third kappa shape index (κ3) is 0.794. The first-order valence-electron chi connectivity index (χ1n) is 3.73. The highest BCUT2D eigenvalue weighted by Gasteiger charge is 2.34. The highest BCUT2D eigenvalue weighted by Crippen LogP contribution is 2.40. The number of carboxylic acid groups (broad SMARTS) is 1. The van der Waals surface area contributed by atoms with Crippen LogP contribution in [0.3, 0.4) is 0 Å². The fourth-order valence-electron chi connectivity index (χ4n) is 1.58. The van der Waals surface area contributed by atoms with Crippen molar-refractivity contribution >= 4 is 5.97 Å². The van der Waals surface area contributed by atoms with Crippen LogP contribution in [0.15, 0.2) is 18.2 Å². The van der Waals surface area contributed by atoms with Gasteiger partial charge in [0.1, 0.15) is 5.75 Å². The van der Waals surface area contributed by atoms with E-state index in [-0.39, 0.29) is 5.75 Å². The number of aliphatic carboxylic acids is 1. The molecule has 0 radical (unpaired) electrons. The molecule has 0 aromatic heterocycles. The van der Waals surface area contributed by atoms with E-state index in [2.05, 4.69) is 0 Å². The average molecular weight is 164 g/mol. The first-order valence-corrected chi connectivity index (χ1v) is 3.73. The molecule has 0 heterocycles. The molecule has 0 amide bonds. The maximum Gasteiger partial charge on any atom is 0.311 e. The van der Waals surface area contributed by atoms with E-state index < -0.39 is 11.9 Å². The molecule has 0 bridgehead atoms. The Hall–Kier alpha value is -1.51. The van der Waals surface area contributed by atoms with Crippen LogP contribution in [-0.2, 0) is 11.2 Å². The number of hydrogen-bond donors (Lipinski definition) is 2. The summed E-state index contributed by atoms with van der Waals surface area (Å²) in [7, 11) is 0. The van der Waals surface area contributed by atoms with E-state index in [1.807, 2.05) is 6.07 Å². The Balaban J connectivity index is 2.45. The van der Waals surface area contributed by atoms with Crippen molar-refractivity contribution in [3.63, 3.8) is 0 Å². The van der Waals surface area contributed by atoms with Gasteiger partial charge >= 0.3 is 5.97 Å². The van der Waals surface area contributed by atoms with Gasteiger partial charge in [-0.3, -0.25) is 4.79 Å². The molecule has 62 valence electrons. The van der Waals surface area contributed by atoms with Crippen LogP contribution < -0.4 is 0 Å². The summed E-state index contributed by atoms with van der Waals surface area (Å²) in [4.78, 5) is 10.6. The molecule has 3 nitrogen and oxygen atoms in total. The lowest BCUT2D eigenvalue weighted by Gasteiger charge is -2.27. The van der Waals surface area contributed by atoms with E-state index in [1.54, 1.807) is 6.07 Å². The quantitative estimate of drug-likeness (QED) is 0.653. The van der Waals surface area contributed by atoms with E-state index in [0.717, 1.165) is 5.56 Å². The first kappa shape index (κ1) is 7.16. The lowest BCUT2D eigenvalue weighted by molar-refractivity contribution is -0.139. The standard InChI is InChI=1S/C9H8O3/c10-7-3-1-2-5-4-6(8(5)7)9(11)12/h1-3,6,10H,4H2,(H,11,12). The summed E-state index contributed by atoms with van der Waals surface area (Å²) >= 11 is 0. The number of phenols is 1. The van der Waals surface area contributed by atoms with Gasteiger partial charge < -0.3 is 10.2 Å². The normalized spacial score (nSPS) is 19.5. The zero-order chi connectivity index (χ0) is 8.72. The highest BCUT2D eigenvalue weighted by atomic mass is 16.4. The molecule has 2 rings (SSSR count). The zero-order valence-corrected chi connectivity index (χ0v) is 6.32. The Morgan fingerprint density at radius 1 is 1.50 bits per heavy atom. The Morgan fingerprint density at radius 2 is 2.25 bits per heavy atom. The molecule has 0 spiro atoms. The number of phenolic OH excluding ortho intramolecular Hbond substituents is 1. The minimum Gasteiger partial charge on any atom is -0.508 e. The van der Waals surface area contributed by atoms with Gasteiger partial charge in [-0.25, -0.2) is 0 Å². The van der Waals surface area contributed by atoms with Crippen molar-refractivity contribution in [2.45, 2.75) is 12.3 Å². The van der Waals surface area contributed by atoms with Crippen molar-refractivity contribution in [1.29, 1.82) is 0 Å². The van der Waals surface area contributed by atoms with Crippen LogP contribution in [0.25, 0.3) is 0 Å². The van der Waals surface area contributed by atoms with Crippen molar-refractivity contribution in [3.05, 3.63) is 29.3 Å². The largest absolute Gasteiger partial charge is 0.508 e. The van der Waals surface area contributed by atoms with E-state index in [4.69, 9.17) is 5.11 Å². The zero-order valence-electron chi connectivity index (χ0n) is 6.32. The SMILES string of the molecule is O=C(O)C1Cc2cccc(O)c21. The molecule has 3 heteroatoms. The van der Waals surface area contributed by atoms with Gasteiger partial charge in [0, 0.05) is 5.56 Å². The molecule has 0 saturated heterocycles. The molecule has 1 atom stereocenters. The monoisotopic (exact) mass is 164 g/mol. The molecule has 1 aliphatic carbocycles.